The maximum Gasteiger partial charge on any atom is 0.160 e. The van der Waals surface area contributed by atoms with Crippen LogP contribution in [0.1, 0.15) is 0 Å². The first kappa shape index (κ1) is 34.2. The van der Waals surface area contributed by atoms with Crippen molar-refractivity contribution in [2.75, 3.05) is 0 Å². The molecule has 4 heterocycles. The van der Waals surface area contributed by atoms with Crippen molar-refractivity contribution in [3.63, 3.8) is 0 Å². The van der Waals surface area contributed by atoms with Gasteiger partial charge in [-0.05, 0) is 52.2 Å². The van der Waals surface area contributed by atoms with E-state index in [4.69, 9.17) is 24.9 Å². The van der Waals surface area contributed by atoms with Crippen LogP contribution >= 0.6 is 0 Å². The Balaban J connectivity index is 1.06. The van der Waals surface area contributed by atoms with Crippen molar-refractivity contribution < 1.29 is 0 Å². The van der Waals surface area contributed by atoms with Gasteiger partial charge in [-0.3, -0.25) is 9.55 Å². The second-order valence-corrected chi connectivity index (χ2v) is 14.5. The molecule has 0 amide bonds. The van der Waals surface area contributed by atoms with E-state index in [0.29, 0.717) is 5.82 Å². The molecule has 6 heteroatoms. The molecule has 0 atom stereocenters. The van der Waals surface area contributed by atoms with Gasteiger partial charge in [0.15, 0.2) is 5.82 Å². The first-order chi connectivity index (χ1) is 29.3. The van der Waals surface area contributed by atoms with Gasteiger partial charge in [0, 0.05) is 39.7 Å². The van der Waals surface area contributed by atoms with Crippen LogP contribution in [0.2, 0.25) is 0 Å². The SMILES string of the molecule is c1ccc(-c2cc(-c3ccc(-c4ccc(-c5nc6c7ncccc7nc(-c7ccccc7)c6n5-c5ccccc5)cc4)c4ccccc34)nc(-c3ccccc3)n2)cc1. The number of hydrogen-bond acceptors (Lipinski definition) is 5. The average molecular weight is 755 g/mol. The fraction of sp³-hybridized carbons (Fsp3) is 0. The molecule has 0 radical (unpaired) electrons. The molecule has 0 saturated heterocycles. The van der Waals surface area contributed by atoms with Gasteiger partial charge in [0.05, 0.1) is 22.6 Å². The standard InChI is InChI=1S/C53H34N6/c1-5-16-36(17-6-1)46-34-47(57-52(56-46)38-20-9-3-10-21-38)44-32-31-41(42-24-13-14-25-43(42)44)35-27-29-39(30-28-35)53-58-50-49-45(26-15-33-54-49)55-48(37-18-7-2-8-19-37)51(50)59(53)40-22-11-4-12-23-40/h1-34H. The lowest BCUT2D eigenvalue weighted by Gasteiger charge is -2.15. The number of pyridine rings is 2. The Labute approximate surface area is 340 Å². The number of imidazole rings is 1. The first-order valence-electron chi connectivity index (χ1n) is 19.7. The van der Waals surface area contributed by atoms with Gasteiger partial charge < -0.3 is 0 Å². The maximum absolute atomic E-state index is 5.38. The Morgan fingerprint density at radius 2 is 0.949 bits per heavy atom. The highest BCUT2D eigenvalue weighted by atomic mass is 15.1. The van der Waals surface area contributed by atoms with E-state index >= 15 is 0 Å². The molecule has 0 spiro atoms. The molecule has 0 unspecified atom stereocenters. The van der Waals surface area contributed by atoms with Crippen molar-refractivity contribution in [1.82, 2.24) is 29.5 Å². The number of hydrogen-bond donors (Lipinski definition) is 0. The lowest BCUT2D eigenvalue weighted by atomic mass is 9.93. The minimum Gasteiger partial charge on any atom is -0.290 e. The Kier molecular flexibility index (Phi) is 8.37. The number of benzene rings is 7. The van der Waals surface area contributed by atoms with Crippen LogP contribution in [-0.2, 0) is 0 Å². The molecule has 276 valence electrons. The molecule has 0 saturated carbocycles. The molecule has 0 aliphatic heterocycles. The molecule has 7 aromatic carbocycles. The molecule has 11 rings (SSSR count). The molecular formula is C53H34N6. The average Bonchev–Trinajstić information content (AvgIpc) is 3.73. The fourth-order valence-corrected chi connectivity index (χ4v) is 8.10. The van der Waals surface area contributed by atoms with Crippen LogP contribution in [0.3, 0.4) is 0 Å². The number of fused-ring (bicyclic) bond motifs is 4. The lowest BCUT2D eigenvalue weighted by Crippen LogP contribution is -2.00. The van der Waals surface area contributed by atoms with Crippen LogP contribution in [0.5, 0.6) is 0 Å². The summed E-state index contributed by atoms with van der Waals surface area (Å²) in [6.45, 7) is 0. The first-order valence-corrected chi connectivity index (χ1v) is 19.7. The summed E-state index contributed by atoms with van der Waals surface area (Å²) in [7, 11) is 0. The van der Waals surface area contributed by atoms with E-state index in [2.05, 4.69) is 132 Å². The van der Waals surface area contributed by atoms with E-state index in [9.17, 15) is 0 Å². The van der Waals surface area contributed by atoms with Crippen molar-refractivity contribution in [2.45, 2.75) is 0 Å². The monoisotopic (exact) mass is 754 g/mol. The van der Waals surface area contributed by atoms with E-state index < -0.39 is 0 Å². The quantitative estimate of drug-likeness (QED) is 0.162. The summed E-state index contributed by atoms with van der Waals surface area (Å²) in [6.07, 6.45) is 1.81. The van der Waals surface area contributed by atoms with Crippen LogP contribution in [0.4, 0.5) is 0 Å². The van der Waals surface area contributed by atoms with Gasteiger partial charge in [-0.25, -0.2) is 19.9 Å². The minimum absolute atomic E-state index is 0.697. The molecule has 0 bridgehead atoms. The van der Waals surface area contributed by atoms with Crippen molar-refractivity contribution in [3.05, 3.63) is 206 Å². The Hall–Kier alpha value is -8.09. The molecule has 6 nitrogen and oxygen atoms in total. The van der Waals surface area contributed by atoms with Gasteiger partial charge in [-0.2, -0.15) is 0 Å². The van der Waals surface area contributed by atoms with E-state index in [1.165, 1.54) is 0 Å². The molecule has 0 N–H and O–H groups in total. The summed E-state index contributed by atoms with van der Waals surface area (Å²) in [6, 6.07) is 69.0. The fourth-order valence-electron chi connectivity index (χ4n) is 8.10. The van der Waals surface area contributed by atoms with Crippen molar-refractivity contribution in [3.8, 4) is 73.4 Å². The van der Waals surface area contributed by atoms with Gasteiger partial charge in [0.2, 0.25) is 0 Å². The third kappa shape index (κ3) is 6.11. The molecular weight excluding hydrogens is 721 g/mol. The number of rotatable bonds is 7. The Bertz CT molecular complexity index is 3230. The summed E-state index contributed by atoms with van der Waals surface area (Å²) >= 11 is 0. The second-order valence-electron chi connectivity index (χ2n) is 14.5. The highest BCUT2D eigenvalue weighted by molar-refractivity contribution is 6.08. The summed E-state index contributed by atoms with van der Waals surface area (Å²) in [4.78, 5) is 25.5. The normalized spacial score (nSPS) is 11.4. The van der Waals surface area contributed by atoms with Crippen LogP contribution in [-0.4, -0.2) is 29.5 Å². The summed E-state index contributed by atoms with van der Waals surface area (Å²) in [5.74, 6) is 1.52. The third-order valence-corrected chi connectivity index (χ3v) is 10.9. The van der Waals surface area contributed by atoms with Crippen molar-refractivity contribution >= 4 is 32.8 Å². The highest BCUT2D eigenvalue weighted by Gasteiger charge is 2.23. The predicted octanol–water partition coefficient (Wildman–Crippen LogP) is 12.9. The molecule has 11 aromatic rings. The lowest BCUT2D eigenvalue weighted by molar-refractivity contribution is 1.10. The zero-order valence-corrected chi connectivity index (χ0v) is 31.8. The molecule has 0 aliphatic carbocycles. The van der Waals surface area contributed by atoms with E-state index in [1.54, 1.807) is 0 Å². The van der Waals surface area contributed by atoms with Crippen LogP contribution in [0.25, 0.3) is 106 Å². The van der Waals surface area contributed by atoms with Crippen LogP contribution in [0.15, 0.2) is 206 Å². The van der Waals surface area contributed by atoms with Gasteiger partial charge >= 0.3 is 0 Å². The van der Waals surface area contributed by atoms with Gasteiger partial charge in [-0.1, -0.05) is 170 Å². The smallest absolute Gasteiger partial charge is 0.160 e. The van der Waals surface area contributed by atoms with E-state index in [0.717, 1.165) is 100 Å². The topological polar surface area (TPSA) is 69.4 Å². The Morgan fingerprint density at radius 3 is 1.66 bits per heavy atom. The second kappa shape index (κ2) is 14.4. The van der Waals surface area contributed by atoms with E-state index in [1.807, 2.05) is 79.0 Å². The summed E-state index contributed by atoms with van der Waals surface area (Å²) in [5, 5.41) is 2.27. The largest absolute Gasteiger partial charge is 0.290 e. The van der Waals surface area contributed by atoms with Crippen LogP contribution in [0, 0.1) is 0 Å². The zero-order chi connectivity index (χ0) is 39.1. The minimum atomic E-state index is 0.697. The molecule has 0 aliphatic rings. The molecule has 59 heavy (non-hydrogen) atoms. The zero-order valence-electron chi connectivity index (χ0n) is 31.8. The summed E-state index contributed by atoms with van der Waals surface area (Å²) in [5.41, 5.74) is 14.3. The third-order valence-electron chi connectivity index (χ3n) is 10.9. The number of para-hydroxylation sites is 1. The van der Waals surface area contributed by atoms with Gasteiger partial charge in [0.1, 0.15) is 22.4 Å². The van der Waals surface area contributed by atoms with Crippen LogP contribution < -0.4 is 0 Å². The van der Waals surface area contributed by atoms with Crippen molar-refractivity contribution in [1.29, 1.82) is 0 Å². The Morgan fingerprint density at radius 1 is 0.373 bits per heavy atom. The van der Waals surface area contributed by atoms with E-state index in [-0.39, 0.29) is 0 Å². The molecule has 0 fully saturated rings. The predicted molar refractivity (Wildman–Crippen MR) is 240 cm³/mol. The van der Waals surface area contributed by atoms with Gasteiger partial charge in [-0.15, -0.1) is 0 Å². The maximum atomic E-state index is 5.38. The highest BCUT2D eigenvalue weighted by Crippen LogP contribution is 2.40. The van der Waals surface area contributed by atoms with Crippen molar-refractivity contribution in [2.24, 2.45) is 0 Å². The summed E-state index contributed by atoms with van der Waals surface area (Å²) < 4.78 is 2.23. The van der Waals surface area contributed by atoms with Gasteiger partial charge in [0.25, 0.3) is 0 Å². The number of aromatic nitrogens is 6. The molecule has 4 aromatic heterocycles. The number of nitrogens with zero attached hydrogens (tertiary/aromatic N) is 6.